The zero-order valence-electron chi connectivity index (χ0n) is 14.8. The molecule has 0 spiro atoms. The van der Waals surface area contributed by atoms with E-state index in [0.29, 0.717) is 22.5 Å². The van der Waals surface area contributed by atoms with Gasteiger partial charge in [-0.1, -0.05) is 29.8 Å². The summed E-state index contributed by atoms with van der Waals surface area (Å²) >= 11 is 6.43. The van der Waals surface area contributed by atoms with Crippen molar-refractivity contribution in [2.24, 2.45) is 5.92 Å². The summed E-state index contributed by atoms with van der Waals surface area (Å²) in [5.74, 6) is 1.32. The summed E-state index contributed by atoms with van der Waals surface area (Å²) in [5.41, 5.74) is 4.94. The number of rotatable bonds is 4. The summed E-state index contributed by atoms with van der Waals surface area (Å²) in [6, 6.07) is 12.0. The maximum absolute atomic E-state index is 13.0. The third-order valence-electron chi connectivity index (χ3n) is 5.61. The molecule has 26 heavy (non-hydrogen) atoms. The van der Waals surface area contributed by atoms with Crippen molar-refractivity contribution < 1.29 is 0 Å². The molecule has 0 N–H and O–H groups in total. The Kier molecular flexibility index (Phi) is 3.68. The highest BCUT2D eigenvalue weighted by Crippen LogP contribution is 2.42. The van der Waals surface area contributed by atoms with Gasteiger partial charge in [-0.3, -0.25) is 4.57 Å². The van der Waals surface area contributed by atoms with Crippen molar-refractivity contribution in [1.82, 2.24) is 9.55 Å². The molecule has 2 fully saturated rings. The number of hydrogen-bond donors (Lipinski definition) is 0. The van der Waals surface area contributed by atoms with Crippen LogP contribution in [0.1, 0.15) is 48.4 Å². The summed E-state index contributed by atoms with van der Waals surface area (Å²) in [6.07, 6.45) is 5.87. The minimum atomic E-state index is -0.228. The van der Waals surface area contributed by atoms with E-state index in [1.807, 2.05) is 24.3 Å². The van der Waals surface area contributed by atoms with Gasteiger partial charge in [-0.05, 0) is 80.2 Å². The van der Waals surface area contributed by atoms with E-state index in [1.165, 1.54) is 36.8 Å². The molecule has 0 amide bonds. The third-order valence-corrected chi connectivity index (χ3v) is 5.93. The topological polar surface area (TPSA) is 34.9 Å². The molecular weight excluding hydrogens is 344 g/mol. The Morgan fingerprint density at radius 2 is 1.92 bits per heavy atom. The van der Waals surface area contributed by atoms with Gasteiger partial charge in [0.05, 0.1) is 21.9 Å². The van der Waals surface area contributed by atoms with Crippen molar-refractivity contribution >= 4 is 22.5 Å². The number of fused-ring (bicyclic) bond motifs is 1. The molecule has 132 valence electrons. The van der Waals surface area contributed by atoms with E-state index in [4.69, 9.17) is 11.6 Å². The molecule has 2 aliphatic rings. The van der Waals surface area contributed by atoms with Crippen LogP contribution in [0.25, 0.3) is 16.6 Å². The lowest BCUT2D eigenvalue weighted by Gasteiger charge is -2.17. The second-order valence-electron chi connectivity index (χ2n) is 7.78. The Morgan fingerprint density at radius 1 is 1.15 bits per heavy atom. The fraction of sp³-hybridized carbons (Fsp3) is 0.364. The SMILES string of the molecule is Cc1cc(C2CC2)cc2c1c(CC1CC1)nc(=O)n2-c1ccccc1Cl. The fourth-order valence-electron chi connectivity index (χ4n) is 3.93. The highest BCUT2D eigenvalue weighted by atomic mass is 35.5. The zero-order valence-corrected chi connectivity index (χ0v) is 15.6. The van der Waals surface area contributed by atoms with Crippen LogP contribution in [-0.4, -0.2) is 9.55 Å². The van der Waals surface area contributed by atoms with Gasteiger partial charge in [0.15, 0.2) is 0 Å². The van der Waals surface area contributed by atoms with Crippen LogP contribution in [0.15, 0.2) is 41.2 Å². The van der Waals surface area contributed by atoms with Gasteiger partial charge < -0.3 is 0 Å². The predicted octanol–water partition coefficient (Wildman–Crippen LogP) is 5.18. The van der Waals surface area contributed by atoms with E-state index >= 15 is 0 Å². The normalized spacial score (nSPS) is 17.0. The monoisotopic (exact) mass is 364 g/mol. The van der Waals surface area contributed by atoms with E-state index < -0.39 is 0 Å². The summed E-state index contributed by atoms with van der Waals surface area (Å²) in [6.45, 7) is 2.15. The van der Waals surface area contributed by atoms with Crippen LogP contribution >= 0.6 is 11.6 Å². The maximum atomic E-state index is 13.0. The number of benzene rings is 2. The first-order valence-electron chi connectivity index (χ1n) is 9.43. The molecule has 1 heterocycles. The van der Waals surface area contributed by atoms with Crippen molar-refractivity contribution in [3.05, 3.63) is 68.7 Å². The number of hydrogen-bond acceptors (Lipinski definition) is 2. The van der Waals surface area contributed by atoms with Crippen LogP contribution < -0.4 is 5.69 Å². The standard InChI is InChI=1S/C22H21ClN2O/c1-13-10-16(15-8-9-15)12-20-21(13)18(11-14-6-7-14)24-22(26)25(20)19-5-3-2-4-17(19)23/h2-5,10,12,14-15H,6-9,11H2,1H3. The average Bonchev–Trinajstić information content (AvgIpc) is 3.50. The number of nitrogens with zero attached hydrogens (tertiary/aromatic N) is 2. The predicted molar refractivity (Wildman–Crippen MR) is 105 cm³/mol. The van der Waals surface area contributed by atoms with Crippen LogP contribution in [0.2, 0.25) is 5.02 Å². The summed E-state index contributed by atoms with van der Waals surface area (Å²) in [7, 11) is 0. The Labute approximate surface area is 157 Å². The van der Waals surface area contributed by atoms with Gasteiger partial charge in [-0.15, -0.1) is 0 Å². The van der Waals surface area contributed by atoms with Gasteiger partial charge in [-0.25, -0.2) is 4.79 Å². The molecule has 3 nitrogen and oxygen atoms in total. The molecule has 3 aromatic rings. The van der Waals surface area contributed by atoms with Gasteiger partial charge in [0.2, 0.25) is 0 Å². The molecule has 0 unspecified atom stereocenters. The van der Waals surface area contributed by atoms with Gasteiger partial charge in [0.1, 0.15) is 0 Å². The quantitative estimate of drug-likeness (QED) is 0.639. The van der Waals surface area contributed by atoms with E-state index in [2.05, 4.69) is 24.0 Å². The number of halogens is 1. The molecule has 2 aromatic carbocycles. The van der Waals surface area contributed by atoms with Gasteiger partial charge in [-0.2, -0.15) is 4.98 Å². The second-order valence-corrected chi connectivity index (χ2v) is 8.19. The van der Waals surface area contributed by atoms with E-state index in [9.17, 15) is 4.79 Å². The van der Waals surface area contributed by atoms with Crippen molar-refractivity contribution in [2.45, 2.75) is 44.9 Å². The highest BCUT2D eigenvalue weighted by molar-refractivity contribution is 6.32. The van der Waals surface area contributed by atoms with Crippen LogP contribution in [0.3, 0.4) is 0 Å². The number of aryl methyl sites for hydroxylation is 1. The van der Waals surface area contributed by atoms with Gasteiger partial charge in [0, 0.05) is 5.39 Å². The molecule has 0 radical (unpaired) electrons. The lowest BCUT2D eigenvalue weighted by Crippen LogP contribution is -2.24. The summed E-state index contributed by atoms with van der Waals surface area (Å²) in [5, 5.41) is 1.70. The minimum absolute atomic E-state index is 0.228. The maximum Gasteiger partial charge on any atom is 0.352 e. The average molecular weight is 365 g/mol. The molecule has 0 saturated heterocycles. The summed E-state index contributed by atoms with van der Waals surface area (Å²) < 4.78 is 1.70. The lowest BCUT2D eigenvalue weighted by molar-refractivity contribution is 0.790. The smallest absolute Gasteiger partial charge is 0.259 e. The van der Waals surface area contributed by atoms with Crippen LogP contribution in [0.5, 0.6) is 0 Å². The number of aromatic nitrogens is 2. The first-order valence-corrected chi connectivity index (χ1v) is 9.80. The van der Waals surface area contributed by atoms with Gasteiger partial charge >= 0.3 is 5.69 Å². The molecule has 0 atom stereocenters. The Morgan fingerprint density at radius 3 is 2.62 bits per heavy atom. The van der Waals surface area contributed by atoms with Gasteiger partial charge in [0.25, 0.3) is 0 Å². The second kappa shape index (κ2) is 5.95. The molecule has 2 saturated carbocycles. The van der Waals surface area contributed by atoms with E-state index in [-0.39, 0.29) is 5.69 Å². The van der Waals surface area contributed by atoms with Crippen LogP contribution in [0, 0.1) is 12.8 Å². The summed E-state index contributed by atoms with van der Waals surface area (Å²) in [4.78, 5) is 17.5. The molecule has 5 rings (SSSR count). The first kappa shape index (κ1) is 16.1. The fourth-order valence-corrected chi connectivity index (χ4v) is 4.15. The lowest BCUT2D eigenvalue weighted by atomic mass is 9.99. The molecule has 0 aliphatic heterocycles. The highest BCUT2D eigenvalue weighted by Gasteiger charge is 2.28. The molecule has 0 bridgehead atoms. The van der Waals surface area contributed by atoms with Crippen molar-refractivity contribution in [2.75, 3.05) is 0 Å². The van der Waals surface area contributed by atoms with E-state index in [0.717, 1.165) is 23.0 Å². The number of para-hydroxylation sites is 1. The molecular formula is C22H21ClN2O. The van der Waals surface area contributed by atoms with Crippen molar-refractivity contribution in [1.29, 1.82) is 0 Å². The first-order chi connectivity index (χ1) is 12.6. The molecule has 4 heteroatoms. The Hall–Kier alpha value is -2.13. The van der Waals surface area contributed by atoms with Crippen molar-refractivity contribution in [3.8, 4) is 5.69 Å². The molecule has 2 aliphatic carbocycles. The van der Waals surface area contributed by atoms with Crippen molar-refractivity contribution in [3.63, 3.8) is 0 Å². The largest absolute Gasteiger partial charge is 0.352 e. The Balaban J connectivity index is 1.84. The Bertz CT molecular complexity index is 1080. The molecule has 1 aromatic heterocycles. The third kappa shape index (κ3) is 2.75. The van der Waals surface area contributed by atoms with Crippen LogP contribution in [-0.2, 0) is 6.42 Å². The minimum Gasteiger partial charge on any atom is -0.259 e. The van der Waals surface area contributed by atoms with E-state index in [1.54, 1.807) is 4.57 Å². The zero-order chi connectivity index (χ0) is 17.8. The van der Waals surface area contributed by atoms with Crippen LogP contribution in [0.4, 0.5) is 0 Å².